The Morgan fingerprint density at radius 2 is 2.00 bits per heavy atom. The van der Waals surface area contributed by atoms with Crippen LogP contribution >= 0.6 is 15.9 Å². The minimum absolute atomic E-state index is 0.177. The van der Waals surface area contributed by atoms with Crippen molar-refractivity contribution in [2.45, 2.75) is 26.7 Å². The second-order valence-electron chi connectivity index (χ2n) is 4.76. The van der Waals surface area contributed by atoms with E-state index in [2.05, 4.69) is 47.2 Å². The van der Waals surface area contributed by atoms with E-state index < -0.39 is 0 Å². The van der Waals surface area contributed by atoms with Crippen molar-refractivity contribution in [3.63, 3.8) is 0 Å². The van der Waals surface area contributed by atoms with Gasteiger partial charge < -0.3 is 10.2 Å². The lowest BCUT2D eigenvalue weighted by Gasteiger charge is -2.14. The van der Waals surface area contributed by atoms with Crippen LogP contribution in [0.15, 0.2) is 16.6 Å². The van der Waals surface area contributed by atoms with Crippen molar-refractivity contribution in [3.8, 4) is 0 Å². The highest BCUT2D eigenvalue weighted by Gasteiger charge is 2.06. The van der Waals surface area contributed by atoms with Crippen LogP contribution in [0.3, 0.4) is 0 Å². The molecule has 0 bridgehead atoms. The SMILES string of the molecule is Cc1cc(C)c(NCCCC(=O)N(C)C)c(Br)c1. The Bertz CT molecular complexity index is 407. The summed E-state index contributed by atoms with van der Waals surface area (Å²) in [5.41, 5.74) is 3.59. The van der Waals surface area contributed by atoms with E-state index in [1.165, 1.54) is 11.1 Å². The fraction of sp³-hybridized carbons (Fsp3) is 0.500. The number of nitrogens with zero attached hydrogens (tertiary/aromatic N) is 1. The van der Waals surface area contributed by atoms with Gasteiger partial charge in [-0.15, -0.1) is 0 Å². The van der Waals surface area contributed by atoms with E-state index in [1.54, 1.807) is 19.0 Å². The molecule has 0 aliphatic heterocycles. The van der Waals surface area contributed by atoms with E-state index in [9.17, 15) is 4.79 Å². The first-order chi connectivity index (χ1) is 8.41. The van der Waals surface area contributed by atoms with Crippen molar-refractivity contribution < 1.29 is 4.79 Å². The highest BCUT2D eigenvalue weighted by molar-refractivity contribution is 9.10. The number of benzene rings is 1. The molecule has 1 aromatic rings. The minimum Gasteiger partial charge on any atom is -0.384 e. The summed E-state index contributed by atoms with van der Waals surface area (Å²) in [6.07, 6.45) is 1.43. The fourth-order valence-corrected chi connectivity index (χ4v) is 2.63. The molecule has 0 atom stereocenters. The molecule has 4 heteroatoms. The van der Waals surface area contributed by atoms with Crippen molar-refractivity contribution in [3.05, 3.63) is 27.7 Å². The number of nitrogens with one attached hydrogen (secondary N) is 1. The number of amides is 1. The van der Waals surface area contributed by atoms with Gasteiger partial charge >= 0.3 is 0 Å². The highest BCUT2D eigenvalue weighted by Crippen LogP contribution is 2.27. The second kappa shape index (κ2) is 6.78. The summed E-state index contributed by atoms with van der Waals surface area (Å²) in [6.45, 7) is 4.98. The molecule has 1 amide bonds. The standard InChI is InChI=1S/C14H21BrN2O/c1-10-8-11(2)14(12(15)9-10)16-7-5-6-13(18)17(3)4/h8-9,16H,5-7H2,1-4H3. The van der Waals surface area contributed by atoms with E-state index in [1.807, 2.05) is 0 Å². The van der Waals surface area contributed by atoms with Gasteiger partial charge in [0.25, 0.3) is 0 Å². The van der Waals surface area contributed by atoms with E-state index >= 15 is 0 Å². The zero-order valence-corrected chi connectivity index (χ0v) is 13.1. The number of rotatable bonds is 5. The van der Waals surface area contributed by atoms with Gasteiger partial charge in [0, 0.05) is 31.5 Å². The first-order valence-electron chi connectivity index (χ1n) is 6.12. The molecule has 3 nitrogen and oxygen atoms in total. The molecule has 0 aromatic heterocycles. The first kappa shape index (κ1) is 15.0. The first-order valence-corrected chi connectivity index (χ1v) is 6.92. The van der Waals surface area contributed by atoms with Crippen LogP contribution in [0, 0.1) is 13.8 Å². The molecule has 1 rings (SSSR count). The molecular weight excluding hydrogens is 292 g/mol. The fourth-order valence-electron chi connectivity index (χ4n) is 1.82. The smallest absolute Gasteiger partial charge is 0.222 e. The molecule has 0 saturated carbocycles. The van der Waals surface area contributed by atoms with Crippen molar-refractivity contribution in [2.24, 2.45) is 0 Å². The maximum Gasteiger partial charge on any atom is 0.222 e. The number of carbonyl (C=O) groups excluding carboxylic acids is 1. The zero-order valence-electron chi connectivity index (χ0n) is 11.5. The van der Waals surface area contributed by atoms with Gasteiger partial charge in [0.15, 0.2) is 0 Å². The van der Waals surface area contributed by atoms with Gasteiger partial charge in [-0.05, 0) is 53.4 Å². The van der Waals surface area contributed by atoms with Crippen molar-refractivity contribution >= 4 is 27.5 Å². The third-order valence-electron chi connectivity index (χ3n) is 2.80. The topological polar surface area (TPSA) is 32.3 Å². The van der Waals surface area contributed by atoms with Gasteiger partial charge in [0.2, 0.25) is 5.91 Å². The Labute approximate surface area is 118 Å². The van der Waals surface area contributed by atoms with Gasteiger partial charge in [-0.1, -0.05) is 6.07 Å². The Kier molecular flexibility index (Phi) is 5.66. The average Bonchev–Trinajstić information content (AvgIpc) is 2.26. The average molecular weight is 313 g/mol. The highest BCUT2D eigenvalue weighted by atomic mass is 79.9. The lowest BCUT2D eigenvalue weighted by molar-refractivity contribution is -0.128. The predicted molar refractivity (Wildman–Crippen MR) is 80.0 cm³/mol. The van der Waals surface area contributed by atoms with E-state index in [0.717, 1.165) is 23.1 Å². The quantitative estimate of drug-likeness (QED) is 0.846. The normalized spacial score (nSPS) is 10.3. The summed E-state index contributed by atoms with van der Waals surface area (Å²) in [4.78, 5) is 13.1. The van der Waals surface area contributed by atoms with Crippen LogP contribution in [-0.4, -0.2) is 31.4 Å². The van der Waals surface area contributed by atoms with Crippen LogP contribution in [-0.2, 0) is 4.79 Å². The summed E-state index contributed by atoms with van der Waals surface area (Å²) in [7, 11) is 3.58. The number of hydrogen-bond acceptors (Lipinski definition) is 2. The van der Waals surface area contributed by atoms with Crippen LogP contribution in [0.4, 0.5) is 5.69 Å². The Hall–Kier alpha value is -1.03. The van der Waals surface area contributed by atoms with E-state index in [-0.39, 0.29) is 5.91 Å². The number of hydrogen-bond donors (Lipinski definition) is 1. The summed E-state index contributed by atoms with van der Waals surface area (Å²) in [5.74, 6) is 0.177. The molecule has 1 aromatic carbocycles. The van der Waals surface area contributed by atoms with Crippen LogP contribution < -0.4 is 5.32 Å². The minimum atomic E-state index is 0.177. The molecule has 0 saturated heterocycles. The molecule has 0 unspecified atom stereocenters. The second-order valence-corrected chi connectivity index (χ2v) is 5.61. The van der Waals surface area contributed by atoms with Crippen molar-refractivity contribution in [1.29, 1.82) is 0 Å². The third kappa shape index (κ3) is 4.33. The Balaban J connectivity index is 2.47. The Morgan fingerprint density at radius 1 is 1.33 bits per heavy atom. The number of aryl methyl sites for hydroxylation is 2. The maximum absolute atomic E-state index is 11.4. The van der Waals surface area contributed by atoms with Crippen LogP contribution in [0.5, 0.6) is 0 Å². The van der Waals surface area contributed by atoms with Gasteiger partial charge in [0.05, 0.1) is 5.69 Å². The summed E-state index contributed by atoms with van der Waals surface area (Å²) >= 11 is 3.56. The van der Waals surface area contributed by atoms with Crippen LogP contribution in [0.25, 0.3) is 0 Å². The van der Waals surface area contributed by atoms with Gasteiger partial charge in [-0.25, -0.2) is 0 Å². The zero-order chi connectivity index (χ0) is 13.7. The number of carbonyl (C=O) groups is 1. The largest absolute Gasteiger partial charge is 0.384 e. The molecule has 0 radical (unpaired) electrons. The van der Waals surface area contributed by atoms with E-state index in [0.29, 0.717) is 6.42 Å². The summed E-state index contributed by atoms with van der Waals surface area (Å²) in [5, 5.41) is 3.39. The van der Waals surface area contributed by atoms with Crippen molar-refractivity contribution in [2.75, 3.05) is 26.0 Å². The predicted octanol–water partition coefficient (Wildman–Crippen LogP) is 3.35. The molecule has 0 fully saturated rings. The number of anilines is 1. The molecule has 18 heavy (non-hydrogen) atoms. The monoisotopic (exact) mass is 312 g/mol. The van der Waals surface area contributed by atoms with Crippen LogP contribution in [0.2, 0.25) is 0 Å². The lowest BCUT2D eigenvalue weighted by atomic mass is 10.1. The molecule has 100 valence electrons. The third-order valence-corrected chi connectivity index (χ3v) is 3.43. The molecule has 0 aliphatic rings. The lowest BCUT2D eigenvalue weighted by Crippen LogP contribution is -2.22. The Morgan fingerprint density at radius 3 is 2.56 bits per heavy atom. The maximum atomic E-state index is 11.4. The van der Waals surface area contributed by atoms with Gasteiger partial charge in [-0.3, -0.25) is 4.79 Å². The molecule has 1 N–H and O–H groups in total. The molecule has 0 aliphatic carbocycles. The van der Waals surface area contributed by atoms with Gasteiger partial charge in [-0.2, -0.15) is 0 Å². The summed E-state index contributed by atoms with van der Waals surface area (Å²) in [6, 6.07) is 4.25. The number of halogens is 1. The van der Waals surface area contributed by atoms with Crippen LogP contribution in [0.1, 0.15) is 24.0 Å². The van der Waals surface area contributed by atoms with E-state index in [4.69, 9.17) is 0 Å². The molecule has 0 heterocycles. The molecule has 0 spiro atoms. The van der Waals surface area contributed by atoms with Gasteiger partial charge in [0.1, 0.15) is 0 Å². The van der Waals surface area contributed by atoms with Crippen molar-refractivity contribution in [1.82, 2.24) is 4.90 Å². The molecular formula is C14H21BrN2O. The summed E-state index contributed by atoms with van der Waals surface area (Å²) < 4.78 is 1.08.